The van der Waals surface area contributed by atoms with Crippen LogP contribution < -0.4 is 0 Å². The van der Waals surface area contributed by atoms with Gasteiger partial charge in [0.2, 0.25) is 10.0 Å². The van der Waals surface area contributed by atoms with Crippen LogP contribution in [-0.4, -0.2) is 41.0 Å². The molecular weight excluding hydrogens is 381 g/mol. The van der Waals surface area contributed by atoms with Crippen LogP contribution in [0.15, 0.2) is 17.0 Å². The average Bonchev–Trinajstić information content (AvgIpc) is 2.69. The zero-order chi connectivity index (χ0) is 15.9. The summed E-state index contributed by atoms with van der Waals surface area (Å²) >= 11 is 18.9. The fourth-order valence-corrected chi connectivity index (χ4v) is 6.84. The van der Waals surface area contributed by atoms with Crippen LogP contribution in [0.1, 0.15) is 6.92 Å². The Balaban J connectivity index is 2.59. The smallest absolute Gasteiger partial charge is 0.322 e. The molecule has 1 aromatic carbocycles. The number of carboxylic acid groups (broad SMARTS) is 1. The molecular formula is C11H10Cl3NO4S2. The third-order valence-corrected chi connectivity index (χ3v) is 7.42. The van der Waals surface area contributed by atoms with Crippen LogP contribution in [0, 0.1) is 0 Å². The number of sulfonamides is 1. The van der Waals surface area contributed by atoms with Crippen molar-refractivity contribution < 1.29 is 18.3 Å². The van der Waals surface area contributed by atoms with Crippen molar-refractivity contribution in [1.29, 1.82) is 0 Å². The second-order valence-electron chi connectivity index (χ2n) is 4.32. The Hall–Kier alpha value is -0.180. The second-order valence-corrected chi connectivity index (χ2v) is 8.70. The van der Waals surface area contributed by atoms with Crippen molar-refractivity contribution in [3.8, 4) is 0 Å². The molecule has 0 spiro atoms. The van der Waals surface area contributed by atoms with Crippen molar-refractivity contribution in [2.75, 3.05) is 5.75 Å². The van der Waals surface area contributed by atoms with Crippen LogP contribution in [0.3, 0.4) is 0 Å². The lowest BCUT2D eigenvalue weighted by molar-refractivity contribution is -0.140. The summed E-state index contributed by atoms with van der Waals surface area (Å²) in [6.07, 6.45) is 0. The number of hydrogen-bond acceptors (Lipinski definition) is 4. The van der Waals surface area contributed by atoms with Crippen molar-refractivity contribution in [3.63, 3.8) is 0 Å². The first-order chi connectivity index (χ1) is 9.66. The Morgan fingerprint density at radius 3 is 2.33 bits per heavy atom. The number of nitrogens with zero attached hydrogens (tertiary/aromatic N) is 1. The van der Waals surface area contributed by atoms with Crippen molar-refractivity contribution in [1.82, 2.24) is 4.31 Å². The Morgan fingerprint density at radius 2 is 1.86 bits per heavy atom. The number of benzene rings is 1. The number of halogens is 3. The molecule has 1 aliphatic heterocycles. The van der Waals surface area contributed by atoms with Crippen LogP contribution >= 0.6 is 46.6 Å². The summed E-state index contributed by atoms with van der Waals surface area (Å²) in [4.78, 5) is 10.9. The van der Waals surface area contributed by atoms with Crippen LogP contribution in [0.4, 0.5) is 0 Å². The molecule has 116 valence electrons. The number of hydrogen-bond donors (Lipinski definition) is 1. The molecule has 0 aliphatic carbocycles. The van der Waals surface area contributed by atoms with Crippen molar-refractivity contribution in [2.24, 2.45) is 0 Å². The van der Waals surface area contributed by atoms with E-state index in [1.54, 1.807) is 6.92 Å². The second kappa shape index (κ2) is 6.14. The monoisotopic (exact) mass is 389 g/mol. The average molecular weight is 391 g/mol. The summed E-state index contributed by atoms with van der Waals surface area (Å²) in [7, 11) is -4.15. The molecule has 0 amide bonds. The summed E-state index contributed by atoms with van der Waals surface area (Å²) in [6, 6.07) is 1.36. The lowest BCUT2D eigenvalue weighted by Crippen LogP contribution is -2.44. The van der Waals surface area contributed by atoms with Crippen molar-refractivity contribution >= 4 is 62.6 Å². The van der Waals surface area contributed by atoms with E-state index in [-0.39, 0.29) is 25.7 Å². The molecule has 2 unspecified atom stereocenters. The minimum atomic E-state index is -4.15. The minimum Gasteiger partial charge on any atom is -0.480 e. The first-order valence-corrected chi connectivity index (χ1v) is 9.31. The molecule has 5 nitrogen and oxygen atoms in total. The fourth-order valence-electron chi connectivity index (χ4n) is 2.05. The summed E-state index contributed by atoms with van der Waals surface area (Å²) in [5, 5.41) is 8.58. The van der Waals surface area contributed by atoms with Gasteiger partial charge in [0.15, 0.2) is 0 Å². The van der Waals surface area contributed by atoms with E-state index in [2.05, 4.69) is 0 Å². The molecule has 1 heterocycles. The van der Waals surface area contributed by atoms with Gasteiger partial charge in [0.05, 0.1) is 15.4 Å². The van der Waals surface area contributed by atoms with Crippen LogP contribution in [0.5, 0.6) is 0 Å². The molecule has 0 saturated carbocycles. The first-order valence-electron chi connectivity index (χ1n) is 5.68. The Kier molecular flexibility index (Phi) is 5.02. The summed E-state index contributed by atoms with van der Waals surface area (Å²) in [5.41, 5.74) is 0. The van der Waals surface area contributed by atoms with Crippen LogP contribution in [-0.2, 0) is 14.8 Å². The zero-order valence-electron chi connectivity index (χ0n) is 10.6. The quantitative estimate of drug-likeness (QED) is 0.858. The highest BCUT2D eigenvalue weighted by atomic mass is 35.5. The molecule has 1 saturated heterocycles. The molecule has 1 N–H and O–H groups in total. The van der Waals surface area contributed by atoms with Crippen molar-refractivity contribution in [3.05, 3.63) is 27.2 Å². The molecule has 1 aromatic rings. The normalized spacial score (nSPS) is 23.4. The zero-order valence-corrected chi connectivity index (χ0v) is 14.5. The highest BCUT2D eigenvalue weighted by Gasteiger charge is 2.45. The molecule has 0 bridgehead atoms. The maximum atomic E-state index is 12.7. The van der Waals surface area contributed by atoms with E-state index < -0.39 is 27.4 Å². The summed E-state index contributed by atoms with van der Waals surface area (Å²) in [5.74, 6) is -1.05. The van der Waals surface area contributed by atoms with Gasteiger partial charge in [-0.05, 0) is 19.1 Å². The van der Waals surface area contributed by atoms with Gasteiger partial charge in [0.25, 0.3) is 0 Å². The van der Waals surface area contributed by atoms with Gasteiger partial charge >= 0.3 is 5.97 Å². The molecule has 10 heteroatoms. The summed E-state index contributed by atoms with van der Waals surface area (Å²) < 4.78 is 26.4. The largest absolute Gasteiger partial charge is 0.480 e. The first kappa shape index (κ1) is 17.2. The van der Waals surface area contributed by atoms with Gasteiger partial charge in [-0.15, -0.1) is 11.8 Å². The molecule has 0 aromatic heterocycles. The lowest BCUT2D eigenvalue weighted by atomic mass is 10.3. The van der Waals surface area contributed by atoms with E-state index >= 15 is 0 Å². The Labute approximate surface area is 141 Å². The third-order valence-electron chi connectivity index (χ3n) is 2.94. The lowest BCUT2D eigenvalue weighted by Gasteiger charge is -2.25. The minimum absolute atomic E-state index is 0.138. The summed E-state index contributed by atoms with van der Waals surface area (Å²) in [6.45, 7) is 1.61. The molecule has 2 rings (SSSR count). The molecule has 1 aliphatic rings. The topological polar surface area (TPSA) is 74.7 Å². The van der Waals surface area contributed by atoms with Gasteiger partial charge in [-0.3, -0.25) is 4.79 Å². The van der Waals surface area contributed by atoms with E-state index in [0.717, 1.165) is 4.31 Å². The van der Waals surface area contributed by atoms with E-state index in [9.17, 15) is 18.3 Å². The van der Waals surface area contributed by atoms with Gasteiger partial charge in [-0.25, -0.2) is 8.42 Å². The van der Waals surface area contributed by atoms with Gasteiger partial charge in [0, 0.05) is 10.8 Å². The SMILES string of the molecule is CC1SCC(C(=O)O)N1S(=O)(=O)c1c(Cl)cc(Cl)cc1Cl. The van der Waals surface area contributed by atoms with Gasteiger partial charge < -0.3 is 5.11 Å². The molecule has 21 heavy (non-hydrogen) atoms. The van der Waals surface area contributed by atoms with Crippen LogP contribution in [0.25, 0.3) is 0 Å². The Morgan fingerprint density at radius 1 is 1.33 bits per heavy atom. The molecule has 1 fully saturated rings. The van der Waals surface area contributed by atoms with E-state index in [1.165, 1.54) is 23.9 Å². The number of thioether (sulfide) groups is 1. The van der Waals surface area contributed by atoms with Gasteiger partial charge in [-0.1, -0.05) is 34.8 Å². The predicted octanol–water partition coefficient (Wildman–Crippen LogP) is 3.18. The highest BCUT2D eigenvalue weighted by molar-refractivity contribution is 8.01. The number of rotatable bonds is 3. The van der Waals surface area contributed by atoms with Gasteiger partial charge in [0.1, 0.15) is 10.9 Å². The predicted molar refractivity (Wildman–Crippen MR) is 83.8 cm³/mol. The van der Waals surface area contributed by atoms with Crippen molar-refractivity contribution in [2.45, 2.75) is 23.2 Å². The van der Waals surface area contributed by atoms with Crippen LogP contribution in [0.2, 0.25) is 15.1 Å². The third kappa shape index (κ3) is 3.13. The standard InChI is InChI=1S/C11H10Cl3NO4S2/c1-5-15(9(4-20-5)11(16)17)21(18,19)10-7(13)2-6(12)3-8(10)14/h2-3,5,9H,4H2,1H3,(H,16,17). The van der Waals surface area contributed by atoms with E-state index in [0.29, 0.717) is 0 Å². The Bertz CT molecular complexity index is 672. The fraction of sp³-hybridized carbons (Fsp3) is 0.364. The van der Waals surface area contributed by atoms with E-state index in [4.69, 9.17) is 34.8 Å². The number of carboxylic acids is 1. The van der Waals surface area contributed by atoms with Gasteiger partial charge in [-0.2, -0.15) is 4.31 Å². The highest BCUT2D eigenvalue weighted by Crippen LogP contribution is 2.40. The van der Waals surface area contributed by atoms with E-state index in [1.807, 2.05) is 0 Å². The maximum Gasteiger partial charge on any atom is 0.322 e. The molecule has 0 radical (unpaired) electrons. The molecule has 2 atom stereocenters. The number of carbonyl (C=O) groups is 1. The number of aliphatic carboxylic acids is 1. The maximum absolute atomic E-state index is 12.7.